The van der Waals surface area contributed by atoms with Gasteiger partial charge >= 0.3 is 0 Å². The summed E-state index contributed by atoms with van der Waals surface area (Å²) in [4.78, 5) is 12.8. The van der Waals surface area contributed by atoms with E-state index in [-0.39, 0.29) is 6.23 Å². The lowest BCUT2D eigenvalue weighted by Gasteiger charge is -2.43. The minimum atomic E-state index is -0.169. The van der Waals surface area contributed by atoms with Crippen LogP contribution in [0.5, 0.6) is 0 Å². The van der Waals surface area contributed by atoms with Crippen LogP contribution in [0.2, 0.25) is 0 Å². The van der Waals surface area contributed by atoms with Gasteiger partial charge in [0.1, 0.15) is 6.23 Å². The Labute approximate surface area is 233 Å². The molecule has 38 heavy (non-hydrogen) atoms. The van der Waals surface area contributed by atoms with Gasteiger partial charge in [0.05, 0.1) is 0 Å². The van der Waals surface area contributed by atoms with Crippen molar-refractivity contribution in [2.45, 2.75) is 104 Å². The summed E-state index contributed by atoms with van der Waals surface area (Å²) in [5.41, 5.74) is 3.09. The van der Waals surface area contributed by atoms with Crippen LogP contribution in [0.1, 0.15) is 91.4 Å². The lowest BCUT2D eigenvalue weighted by Crippen LogP contribution is -2.47. The van der Waals surface area contributed by atoms with E-state index in [1.807, 2.05) is 0 Å². The van der Waals surface area contributed by atoms with Gasteiger partial charge in [0, 0.05) is 25.7 Å². The fraction of sp³-hybridized carbons (Fsp3) is 0.818. The van der Waals surface area contributed by atoms with Crippen LogP contribution >= 0.6 is 0 Å². The number of hydrogen-bond donors (Lipinski definition) is 1. The van der Waals surface area contributed by atoms with Crippen molar-refractivity contribution in [2.24, 2.45) is 23.7 Å². The van der Waals surface area contributed by atoms with Gasteiger partial charge in [-0.15, -0.1) is 0 Å². The monoisotopic (exact) mass is 527 g/mol. The molecule has 0 radical (unpaired) electrons. The molecular formula is C33H57N3O2. The van der Waals surface area contributed by atoms with Gasteiger partial charge in [0.2, 0.25) is 0 Å². The standard InChI is InChI=1S/C33H57N3O2/c1-5-26(6-2)24-35(7-3)31-15-13-28(14-16-31)33(29-17-20-34(4)21-18-29)30-19-22-36(32(23-30)38-37)25-27-11-9-8-10-12-27/h13-16,26-27,29-32,37H,5-12,17-25H2,1-4H3. The molecule has 0 aromatic carbocycles. The van der Waals surface area contributed by atoms with E-state index < -0.39 is 0 Å². The van der Waals surface area contributed by atoms with E-state index in [0.29, 0.717) is 17.9 Å². The molecule has 0 spiro atoms. The molecule has 0 amide bonds. The fourth-order valence-electron chi connectivity index (χ4n) is 7.70. The molecule has 2 heterocycles. The van der Waals surface area contributed by atoms with Crippen LogP contribution in [0.15, 0.2) is 35.5 Å². The summed E-state index contributed by atoms with van der Waals surface area (Å²) in [6, 6.07) is 0.397. The molecule has 1 saturated carbocycles. The number of piperidine rings is 2. The molecule has 4 rings (SSSR count). The average molecular weight is 528 g/mol. The molecule has 2 saturated heterocycles. The number of rotatable bonds is 11. The quantitative estimate of drug-likeness (QED) is 0.232. The minimum absolute atomic E-state index is 0.169. The Bertz CT molecular complexity index is 774. The summed E-state index contributed by atoms with van der Waals surface area (Å²) in [6.07, 6.45) is 23.5. The predicted molar refractivity (Wildman–Crippen MR) is 159 cm³/mol. The van der Waals surface area contributed by atoms with Crippen molar-refractivity contribution < 1.29 is 10.1 Å². The summed E-state index contributed by atoms with van der Waals surface area (Å²) in [5, 5.41) is 9.98. The molecule has 216 valence electrons. The highest BCUT2D eigenvalue weighted by Crippen LogP contribution is 2.40. The van der Waals surface area contributed by atoms with Crippen LogP contribution in [0, 0.1) is 23.7 Å². The number of allylic oxidation sites excluding steroid dienone is 4. The molecular weight excluding hydrogens is 470 g/mol. The Balaban J connectivity index is 1.50. The number of likely N-dealkylation sites (tertiary alicyclic amines) is 2. The van der Waals surface area contributed by atoms with E-state index in [1.165, 1.54) is 89.4 Å². The van der Waals surface area contributed by atoms with Crippen molar-refractivity contribution in [3.05, 3.63) is 35.5 Å². The third-order valence-electron chi connectivity index (χ3n) is 10.4. The molecule has 5 nitrogen and oxygen atoms in total. The molecule has 3 fully saturated rings. The molecule has 2 unspecified atom stereocenters. The van der Waals surface area contributed by atoms with Crippen LogP contribution < -0.4 is 0 Å². The maximum atomic E-state index is 9.98. The van der Waals surface area contributed by atoms with Gasteiger partial charge in [0.15, 0.2) is 0 Å². The Morgan fingerprint density at radius 2 is 1.61 bits per heavy atom. The highest BCUT2D eigenvalue weighted by atomic mass is 17.1. The average Bonchev–Trinajstić information content (AvgIpc) is 2.96. The molecule has 0 bridgehead atoms. The van der Waals surface area contributed by atoms with Crippen LogP contribution in [-0.4, -0.2) is 78.5 Å². The number of nitrogens with zero attached hydrogens (tertiary/aromatic N) is 3. The van der Waals surface area contributed by atoms with Gasteiger partial charge in [-0.1, -0.05) is 82.8 Å². The third kappa shape index (κ3) is 7.81. The lowest BCUT2D eigenvalue weighted by molar-refractivity contribution is -0.322. The van der Waals surface area contributed by atoms with E-state index in [1.54, 1.807) is 5.57 Å². The lowest BCUT2D eigenvalue weighted by atomic mass is 9.74. The predicted octanol–water partition coefficient (Wildman–Crippen LogP) is 6.99. The molecule has 2 aliphatic carbocycles. The van der Waals surface area contributed by atoms with Crippen LogP contribution in [-0.2, 0) is 4.89 Å². The largest absolute Gasteiger partial charge is 0.306 e. The molecule has 0 aromatic heterocycles. The highest BCUT2D eigenvalue weighted by Gasteiger charge is 2.36. The zero-order chi connectivity index (χ0) is 26.9. The first-order chi connectivity index (χ1) is 18.6. The van der Waals surface area contributed by atoms with Crippen LogP contribution in [0.25, 0.3) is 0 Å². The fourth-order valence-corrected chi connectivity index (χ4v) is 7.70. The first kappa shape index (κ1) is 30.0. The third-order valence-corrected chi connectivity index (χ3v) is 10.4. The molecule has 5 heteroatoms. The van der Waals surface area contributed by atoms with Crippen LogP contribution in [0.4, 0.5) is 0 Å². The van der Waals surface area contributed by atoms with E-state index in [9.17, 15) is 5.26 Å². The second-order valence-electron chi connectivity index (χ2n) is 12.7. The summed E-state index contributed by atoms with van der Waals surface area (Å²) < 4.78 is 0. The maximum absolute atomic E-state index is 9.98. The Hall–Kier alpha value is -0.980. The van der Waals surface area contributed by atoms with E-state index >= 15 is 0 Å². The molecule has 0 aromatic rings. The Morgan fingerprint density at radius 1 is 0.947 bits per heavy atom. The van der Waals surface area contributed by atoms with Crippen molar-refractivity contribution in [2.75, 3.05) is 46.3 Å². The highest BCUT2D eigenvalue weighted by molar-refractivity contribution is 5.43. The summed E-state index contributed by atoms with van der Waals surface area (Å²) >= 11 is 0. The normalized spacial score (nSPS) is 28.6. The molecule has 4 aliphatic rings. The smallest absolute Gasteiger partial charge is 0.146 e. The van der Waals surface area contributed by atoms with Crippen molar-refractivity contribution in [3.8, 4) is 0 Å². The summed E-state index contributed by atoms with van der Waals surface area (Å²) in [7, 11) is 2.26. The summed E-state index contributed by atoms with van der Waals surface area (Å²) in [6.45, 7) is 13.7. The molecule has 1 N–H and O–H groups in total. The summed E-state index contributed by atoms with van der Waals surface area (Å²) in [5.74, 6) is 2.66. The Morgan fingerprint density at radius 3 is 2.21 bits per heavy atom. The zero-order valence-corrected chi connectivity index (χ0v) is 25.0. The Kier molecular flexibility index (Phi) is 11.9. The molecule has 2 aliphatic heterocycles. The number of likely N-dealkylation sites (N-methyl/N-ethyl adjacent to an activating group) is 1. The van der Waals surface area contributed by atoms with Gasteiger partial charge in [-0.3, -0.25) is 15.1 Å². The maximum Gasteiger partial charge on any atom is 0.146 e. The minimum Gasteiger partial charge on any atom is -0.306 e. The molecule has 2 atom stereocenters. The van der Waals surface area contributed by atoms with Gasteiger partial charge < -0.3 is 4.90 Å². The number of hydrogen-bond acceptors (Lipinski definition) is 5. The van der Waals surface area contributed by atoms with Gasteiger partial charge in [-0.25, -0.2) is 4.89 Å². The van der Waals surface area contributed by atoms with Crippen molar-refractivity contribution in [1.82, 2.24) is 14.7 Å². The SMILES string of the molecule is CCC(CC)CN(CC)C1C=CC(=C(C2CCN(C)CC2)C2CCN(CC3CCCCC3)C(OO)C2)C=C1. The van der Waals surface area contributed by atoms with Crippen molar-refractivity contribution in [1.29, 1.82) is 0 Å². The van der Waals surface area contributed by atoms with Gasteiger partial charge in [0.25, 0.3) is 0 Å². The second-order valence-corrected chi connectivity index (χ2v) is 12.7. The van der Waals surface area contributed by atoms with E-state index in [0.717, 1.165) is 37.9 Å². The van der Waals surface area contributed by atoms with Crippen molar-refractivity contribution >= 4 is 0 Å². The second kappa shape index (κ2) is 15.1. The van der Waals surface area contributed by atoms with Gasteiger partial charge in [-0.05, 0) is 94.5 Å². The van der Waals surface area contributed by atoms with Crippen LogP contribution in [0.3, 0.4) is 0 Å². The first-order valence-corrected chi connectivity index (χ1v) is 16.1. The zero-order valence-electron chi connectivity index (χ0n) is 25.0. The van der Waals surface area contributed by atoms with E-state index in [2.05, 4.69) is 66.8 Å². The van der Waals surface area contributed by atoms with Gasteiger partial charge in [-0.2, -0.15) is 0 Å². The first-order valence-electron chi connectivity index (χ1n) is 16.1. The van der Waals surface area contributed by atoms with Crippen molar-refractivity contribution in [3.63, 3.8) is 0 Å². The van der Waals surface area contributed by atoms with E-state index in [4.69, 9.17) is 4.89 Å². The topological polar surface area (TPSA) is 39.2 Å².